The van der Waals surface area contributed by atoms with E-state index in [1.165, 1.54) is 19.3 Å². The van der Waals surface area contributed by atoms with Gasteiger partial charge in [-0.15, -0.1) is 0 Å². The standard InChI is InChI=1S/C24H34N4O3/c29-22(25-13-16-2-5-31-6-3-16)21-15-27(14-20-1-4-26-28(20)21)23(30)24-10-17-7-18(11-24)9-19(8-17)12-24/h1,4,16-19,21H,2-3,5-15H2,(H,25,29)/t17?,18?,19?,21-,24?/m0/s1. The molecule has 7 heteroatoms. The number of carbonyl (C=O) groups excluding carboxylic acids is 2. The molecule has 2 amide bonds. The second-order valence-corrected chi connectivity index (χ2v) is 11.0. The second-order valence-electron chi connectivity index (χ2n) is 11.0. The highest BCUT2D eigenvalue weighted by Gasteiger charge is 2.56. The average Bonchev–Trinajstić information content (AvgIpc) is 3.25. The van der Waals surface area contributed by atoms with E-state index < -0.39 is 6.04 Å². The smallest absolute Gasteiger partial charge is 0.246 e. The van der Waals surface area contributed by atoms with Gasteiger partial charge in [-0.05, 0) is 81.1 Å². The Balaban J connectivity index is 1.18. The Morgan fingerprint density at radius 3 is 2.45 bits per heavy atom. The van der Waals surface area contributed by atoms with Crippen molar-refractivity contribution < 1.29 is 14.3 Å². The molecule has 6 aliphatic rings. The van der Waals surface area contributed by atoms with E-state index in [0.29, 0.717) is 31.5 Å². The van der Waals surface area contributed by atoms with E-state index in [4.69, 9.17) is 4.74 Å². The van der Waals surface area contributed by atoms with E-state index in [-0.39, 0.29) is 11.3 Å². The molecule has 1 atom stereocenters. The molecule has 7 nitrogen and oxygen atoms in total. The number of aromatic nitrogens is 2. The van der Waals surface area contributed by atoms with E-state index in [1.807, 2.05) is 15.6 Å². The number of ether oxygens (including phenoxy) is 1. The first-order valence-corrected chi connectivity index (χ1v) is 12.3. The van der Waals surface area contributed by atoms with Crippen LogP contribution < -0.4 is 5.32 Å². The molecule has 0 unspecified atom stereocenters. The predicted octanol–water partition coefficient (Wildman–Crippen LogP) is 2.53. The van der Waals surface area contributed by atoms with Gasteiger partial charge in [-0.3, -0.25) is 14.3 Å². The van der Waals surface area contributed by atoms with Gasteiger partial charge in [0.05, 0.1) is 24.2 Å². The van der Waals surface area contributed by atoms with E-state index in [2.05, 4.69) is 10.4 Å². The monoisotopic (exact) mass is 426 g/mol. The first kappa shape index (κ1) is 19.8. The van der Waals surface area contributed by atoms with Crippen molar-refractivity contribution in [3.63, 3.8) is 0 Å². The minimum atomic E-state index is -0.434. The van der Waals surface area contributed by atoms with Crippen LogP contribution in [0.3, 0.4) is 0 Å². The quantitative estimate of drug-likeness (QED) is 0.803. The average molecular weight is 427 g/mol. The Morgan fingerprint density at radius 1 is 1.10 bits per heavy atom. The van der Waals surface area contributed by atoms with Gasteiger partial charge in [0, 0.05) is 26.0 Å². The van der Waals surface area contributed by atoms with Crippen molar-refractivity contribution in [2.24, 2.45) is 29.1 Å². The lowest BCUT2D eigenvalue weighted by atomic mass is 9.49. The fourth-order valence-corrected chi connectivity index (χ4v) is 7.66. The molecule has 4 aliphatic carbocycles. The van der Waals surface area contributed by atoms with Crippen LogP contribution in [-0.4, -0.2) is 52.8 Å². The SMILES string of the molecule is O=C(NCC1CCOCC1)[C@@H]1CN(C(=O)C23CC4CC(CC(C4)C2)C3)Cc2ccnn21. The van der Waals surface area contributed by atoms with Gasteiger partial charge in [0.15, 0.2) is 0 Å². The molecule has 168 valence electrons. The number of fused-ring (bicyclic) bond motifs is 1. The molecule has 1 aromatic rings. The van der Waals surface area contributed by atoms with Crippen LogP contribution in [0.15, 0.2) is 12.3 Å². The highest BCUT2D eigenvalue weighted by Crippen LogP contribution is 2.60. The van der Waals surface area contributed by atoms with Gasteiger partial charge in [-0.1, -0.05) is 0 Å². The first-order chi connectivity index (χ1) is 15.1. The van der Waals surface area contributed by atoms with Crippen molar-refractivity contribution in [1.82, 2.24) is 20.0 Å². The summed E-state index contributed by atoms with van der Waals surface area (Å²) in [6, 6.07) is 1.52. The third-order valence-corrected chi connectivity index (χ3v) is 8.78. The minimum absolute atomic E-state index is 0.0144. The van der Waals surface area contributed by atoms with Crippen LogP contribution in [0.4, 0.5) is 0 Å². The van der Waals surface area contributed by atoms with Crippen molar-refractivity contribution in [2.75, 3.05) is 26.3 Å². The number of amides is 2. The molecule has 7 rings (SSSR count). The maximum Gasteiger partial charge on any atom is 0.246 e. The maximum absolute atomic E-state index is 13.9. The molecule has 1 aromatic heterocycles. The molecule has 0 radical (unpaired) electrons. The van der Waals surface area contributed by atoms with E-state index in [0.717, 1.165) is 68.8 Å². The molecule has 4 saturated carbocycles. The largest absolute Gasteiger partial charge is 0.381 e. The minimum Gasteiger partial charge on any atom is -0.381 e. The number of hydrogen-bond acceptors (Lipinski definition) is 4. The Labute approximate surface area is 183 Å². The van der Waals surface area contributed by atoms with Gasteiger partial charge >= 0.3 is 0 Å². The predicted molar refractivity (Wildman–Crippen MR) is 114 cm³/mol. The van der Waals surface area contributed by atoms with Crippen molar-refractivity contribution in [1.29, 1.82) is 0 Å². The lowest BCUT2D eigenvalue weighted by Crippen LogP contribution is -2.57. The van der Waals surface area contributed by atoms with Crippen LogP contribution in [0.2, 0.25) is 0 Å². The molecule has 0 spiro atoms. The van der Waals surface area contributed by atoms with Crippen LogP contribution in [0.5, 0.6) is 0 Å². The van der Waals surface area contributed by atoms with Gasteiger partial charge in [0.25, 0.3) is 0 Å². The molecular formula is C24H34N4O3. The normalized spacial score (nSPS) is 37.0. The topological polar surface area (TPSA) is 76.5 Å². The Morgan fingerprint density at radius 2 is 1.77 bits per heavy atom. The Kier molecular flexibility index (Phi) is 4.85. The number of hydrogen-bond donors (Lipinski definition) is 1. The van der Waals surface area contributed by atoms with Crippen LogP contribution in [0, 0.1) is 29.1 Å². The summed E-state index contributed by atoms with van der Waals surface area (Å²) in [5.74, 6) is 2.99. The first-order valence-electron chi connectivity index (χ1n) is 12.3. The molecule has 4 bridgehead atoms. The summed E-state index contributed by atoms with van der Waals surface area (Å²) in [6.07, 6.45) is 10.9. The summed E-state index contributed by atoms with van der Waals surface area (Å²) in [5, 5.41) is 7.59. The van der Waals surface area contributed by atoms with Crippen molar-refractivity contribution in [2.45, 2.75) is 64.0 Å². The van der Waals surface area contributed by atoms with Crippen LogP contribution in [-0.2, 0) is 20.9 Å². The van der Waals surface area contributed by atoms with E-state index in [9.17, 15) is 9.59 Å². The van der Waals surface area contributed by atoms with Gasteiger partial charge in [-0.25, -0.2) is 0 Å². The molecule has 3 heterocycles. The summed E-state index contributed by atoms with van der Waals surface area (Å²) >= 11 is 0. The van der Waals surface area contributed by atoms with Crippen molar-refractivity contribution in [3.8, 4) is 0 Å². The highest BCUT2D eigenvalue weighted by atomic mass is 16.5. The Bertz CT molecular complexity index is 823. The summed E-state index contributed by atoms with van der Waals surface area (Å²) in [5.41, 5.74) is 0.801. The second kappa shape index (κ2) is 7.61. The summed E-state index contributed by atoms with van der Waals surface area (Å²) in [4.78, 5) is 29.1. The molecule has 0 aromatic carbocycles. The van der Waals surface area contributed by atoms with Gasteiger partial charge in [-0.2, -0.15) is 5.10 Å². The zero-order valence-corrected chi connectivity index (χ0v) is 18.3. The van der Waals surface area contributed by atoms with Gasteiger partial charge in [0.2, 0.25) is 11.8 Å². The molecule has 2 aliphatic heterocycles. The van der Waals surface area contributed by atoms with E-state index in [1.54, 1.807) is 6.20 Å². The fourth-order valence-electron chi connectivity index (χ4n) is 7.66. The third kappa shape index (κ3) is 3.49. The highest BCUT2D eigenvalue weighted by molar-refractivity contribution is 5.86. The number of carbonyl (C=O) groups is 2. The molecule has 5 fully saturated rings. The van der Waals surface area contributed by atoms with Crippen LogP contribution in [0.25, 0.3) is 0 Å². The molecule has 1 saturated heterocycles. The summed E-state index contributed by atoms with van der Waals surface area (Å²) < 4.78 is 7.26. The summed E-state index contributed by atoms with van der Waals surface area (Å²) in [6.45, 7) is 3.25. The number of nitrogens with one attached hydrogen (secondary N) is 1. The van der Waals surface area contributed by atoms with Crippen LogP contribution >= 0.6 is 0 Å². The van der Waals surface area contributed by atoms with E-state index >= 15 is 0 Å². The summed E-state index contributed by atoms with van der Waals surface area (Å²) in [7, 11) is 0. The van der Waals surface area contributed by atoms with Gasteiger partial charge < -0.3 is 15.0 Å². The maximum atomic E-state index is 13.9. The van der Waals surface area contributed by atoms with Crippen molar-refractivity contribution in [3.05, 3.63) is 18.0 Å². The number of rotatable bonds is 4. The molecule has 31 heavy (non-hydrogen) atoms. The zero-order valence-electron chi connectivity index (χ0n) is 18.3. The lowest BCUT2D eigenvalue weighted by molar-refractivity contribution is -0.160. The Hall–Kier alpha value is -1.89. The molecular weight excluding hydrogens is 392 g/mol. The fraction of sp³-hybridized carbons (Fsp3) is 0.792. The van der Waals surface area contributed by atoms with Crippen molar-refractivity contribution >= 4 is 11.8 Å². The van der Waals surface area contributed by atoms with Crippen LogP contribution in [0.1, 0.15) is 63.1 Å². The molecule has 1 N–H and O–H groups in total. The zero-order chi connectivity index (χ0) is 21.0. The van der Waals surface area contributed by atoms with Gasteiger partial charge in [0.1, 0.15) is 6.04 Å². The number of nitrogens with zero attached hydrogens (tertiary/aromatic N) is 3. The lowest BCUT2D eigenvalue weighted by Gasteiger charge is -2.57. The third-order valence-electron chi connectivity index (χ3n) is 8.78.